The molecule has 1 heterocycles. The molecular formula is C18H15BrN2O3S. The number of hydrogen-bond donors (Lipinski definition) is 0. The Labute approximate surface area is 156 Å². The number of nitrogens with zero attached hydrogens (tertiary/aromatic N) is 2. The van der Waals surface area contributed by atoms with E-state index in [9.17, 15) is 9.59 Å². The molecule has 0 saturated carbocycles. The molecule has 0 aliphatic heterocycles. The predicted molar refractivity (Wildman–Crippen MR) is 100 cm³/mol. The Kier molecular flexibility index (Phi) is 5.45. The van der Waals surface area contributed by atoms with E-state index in [4.69, 9.17) is 4.74 Å². The minimum atomic E-state index is -0.389. The highest BCUT2D eigenvalue weighted by Crippen LogP contribution is 2.22. The van der Waals surface area contributed by atoms with Crippen LogP contribution in [0.2, 0.25) is 0 Å². The number of halogens is 1. The number of carbonyl (C=O) groups excluding carboxylic acids is 2. The lowest BCUT2D eigenvalue weighted by Gasteiger charge is -2.03. The molecule has 0 bridgehead atoms. The van der Waals surface area contributed by atoms with Crippen LogP contribution in [0, 0.1) is 0 Å². The maximum absolute atomic E-state index is 12.3. The van der Waals surface area contributed by atoms with Gasteiger partial charge in [0.1, 0.15) is 6.54 Å². The Morgan fingerprint density at radius 1 is 1.20 bits per heavy atom. The second kappa shape index (κ2) is 7.76. The number of benzene rings is 2. The van der Waals surface area contributed by atoms with Gasteiger partial charge in [-0.15, -0.1) is 0 Å². The minimum absolute atomic E-state index is 0.00951. The topological polar surface area (TPSA) is 60.7 Å². The van der Waals surface area contributed by atoms with Crippen LogP contribution in [-0.4, -0.2) is 23.6 Å². The van der Waals surface area contributed by atoms with Crippen LogP contribution in [0.3, 0.4) is 0 Å². The third kappa shape index (κ3) is 4.24. The summed E-state index contributed by atoms with van der Waals surface area (Å²) < 4.78 is 8.33. The molecule has 5 nitrogen and oxygen atoms in total. The van der Waals surface area contributed by atoms with Crippen molar-refractivity contribution in [2.75, 3.05) is 7.11 Å². The average molecular weight is 419 g/mol. The zero-order chi connectivity index (χ0) is 17.8. The molecule has 0 fully saturated rings. The molecule has 0 atom stereocenters. The lowest BCUT2D eigenvalue weighted by atomic mass is 10.1. The van der Waals surface area contributed by atoms with E-state index in [1.165, 1.54) is 18.4 Å². The summed E-state index contributed by atoms with van der Waals surface area (Å²) in [6.07, 6.45) is 0.219. The molecule has 0 aliphatic rings. The van der Waals surface area contributed by atoms with Gasteiger partial charge in [-0.25, -0.2) is 0 Å². The summed E-state index contributed by atoms with van der Waals surface area (Å²) in [6, 6.07) is 15.2. The third-order valence-corrected chi connectivity index (χ3v) is 5.11. The molecule has 0 unspecified atom stereocenters. The van der Waals surface area contributed by atoms with E-state index >= 15 is 0 Å². The first-order valence-electron chi connectivity index (χ1n) is 7.54. The normalized spacial score (nSPS) is 11.7. The summed E-state index contributed by atoms with van der Waals surface area (Å²) in [7, 11) is 1.34. The molecular weight excluding hydrogens is 404 g/mol. The van der Waals surface area contributed by atoms with E-state index in [0.29, 0.717) is 4.80 Å². The molecule has 2 aromatic carbocycles. The van der Waals surface area contributed by atoms with Crippen molar-refractivity contribution < 1.29 is 14.3 Å². The quantitative estimate of drug-likeness (QED) is 0.610. The number of aromatic nitrogens is 1. The molecule has 0 saturated heterocycles. The molecule has 3 rings (SSSR count). The molecule has 0 radical (unpaired) electrons. The second-order valence-electron chi connectivity index (χ2n) is 5.33. The van der Waals surface area contributed by atoms with Crippen LogP contribution in [0.5, 0.6) is 0 Å². The van der Waals surface area contributed by atoms with Crippen molar-refractivity contribution in [3.05, 3.63) is 63.4 Å². The Balaban J connectivity index is 2.02. The van der Waals surface area contributed by atoms with Gasteiger partial charge in [0.15, 0.2) is 4.80 Å². The Morgan fingerprint density at radius 2 is 1.96 bits per heavy atom. The van der Waals surface area contributed by atoms with E-state index in [1.807, 2.05) is 48.5 Å². The van der Waals surface area contributed by atoms with Crippen LogP contribution in [0.1, 0.15) is 5.56 Å². The maximum Gasteiger partial charge on any atom is 0.325 e. The predicted octanol–water partition coefficient (Wildman–Crippen LogP) is 3.31. The fraction of sp³-hybridized carbons (Fsp3) is 0.167. The van der Waals surface area contributed by atoms with Gasteiger partial charge in [0.05, 0.1) is 23.7 Å². The van der Waals surface area contributed by atoms with Crippen LogP contribution in [0.25, 0.3) is 10.2 Å². The first-order chi connectivity index (χ1) is 12.1. The van der Waals surface area contributed by atoms with E-state index in [0.717, 1.165) is 20.3 Å². The summed E-state index contributed by atoms with van der Waals surface area (Å²) in [4.78, 5) is 28.8. The van der Waals surface area contributed by atoms with Crippen LogP contribution < -0.4 is 4.80 Å². The number of amides is 1. The number of ether oxygens (including phenoxy) is 1. The Morgan fingerprint density at radius 3 is 2.68 bits per heavy atom. The molecule has 1 aromatic heterocycles. The monoisotopic (exact) mass is 418 g/mol. The van der Waals surface area contributed by atoms with Crippen molar-refractivity contribution in [2.24, 2.45) is 4.99 Å². The number of esters is 1. The summed E-state index contributed by atoms with van der Waals surface area (Å²) in [5.41, 5.74) is 1.74. The number of rotatable bonds is 4. The van der Waals surface area contributed by atoms with Gasteiger partial charge in [0.25, 0.3) is 5.91 Å². The molecule has 7 heteroatoms. The lowest BCUT2D eigenvalue weighted by Crippen LogP contribution is -2.22. The first kappa shape index (κ1) is 17.6. The van der Waals surface area contributed by atoms with Crippen molar-refractivity contribution in [1.29, 1.82) is 0 Å². The minimum Gasteiger partial charge on any atom is -0.468 e. The largest absolute Gasteiger partial charge is 0.468 e. The fourth-order valence-corrected chi connectivity index (χ4v) is 3.99. The van der Waals surface area contributed by atoms with Crippen molar-refractivity contribution in [3.8, 4) is 0 Å². The smallest absolute Gasteiger partial charge is 0.325 e. The summed E-state index contributed by atoms with van der Waals surface area (Å²) in [5.74, 6) is -0.644. The number of thiazole rings is 1. The second-order valence-corrected chi connectivity index (χ2v) is 7.25. The molecule has 3 aromatic rings. The average Bonchev–Trinajstić information content (AvgIpc) is 2.91. The van der Waals surface area contributed by atoms with Crippen LogP contribution in [0.4, 0.5) is 0 Å². The maximum atomic E-state index is 12.3. The summed E-state index contributed by atoms with van der Waals surface area (Å²) >= 11 is 4.80. The van der Waals surface area contributed by atoms with Gasteiger partial charge in [-0.3, -0.25) is 9.59 Å². The number of hydrogen-bond acceptors (Lipinski definition) is 4. The summed E-state index contributed by atoms with van der Waals surface area (Å²) in [5, 5.41) is 0. The molecule has 128 valence electrons. The zero-order valence-electron chi connectivity index (χ0n) is 13.4. The standard InChI is InChI=1S/C18H15BrN2O3S/c1-24-17(23)11-21-14-8-7-13(19)10-15(14)25-18(21)20-16(22)9-12-5-3-2-4-6-12/h2-8,10H,9,11H2,1H3. The molecule has 1 amide bonds. The van der Waals surface area contributed by atoms with Crippen LogP contribution in [-0.2, 0) is 27.3 Å². The van der Waals surface area contributed by atoms with Crippen molar-refractivity contribution in [2.45, 2.75) is 13.0 Å². The van der Waals surface area contributed by atoms with Gasteiger partial charge in [-0.1, -0.05) is 57.6 Å². The molecule has 0 aliphatic carbocycles. The van der Waals surface area contributed by atoms with Gasteiger partial charge in [0, 0.05) is 4.47 Å². The lowest BCUT2D eigenvalue weighted by molar-refractivity contribution is -0.141. The van der Waals surface area contributed by atoms with Gasteiger partial charge >= 0.3 is 5.97 Å². The van der Waals surface area contributed by atoms with Gasteiger partial charge in [-0.05, 0) is 23.8 Å². The van der Waals surface area contributed by atoms with E-state index in [1.54, 1.807) is 4.57 Å². The van der Waals surface area contributed by atoms with E-state index < -0.39 is 0 Å². The highest BCUT2D eigenvalue weighted by Gasteiger charge is 2.12. The Hall–Kier alpha value is -2.25. The number of methoxy groups -OCH3 is 1. The molecule has 25 heavy (non-hydrogen) atoms. The van der Waals surface area contributed by atoms with Crippen LogP contribution in [0.15, 0.2) is 58.0 Å². The van der Waals surface area contributed by atoms with Gasteiger partial charge in [0.2, 0.25) is 0 Å². The van der Waals surface area contributed by atoms with Crippen LogP contribution >= 0.6 is 27.3 Å². The SMILES string of the molecule is COC(=O)Cn1c(=NC(=O)Cc2ccccc2)sc2cc(Br)ccc21. The zero-order valence-corrected chi connectivity index (χ0v) is 15.8. The summed E-state index contributed by atoms with van der Waals surface area (Å²) in [6.45, 7) is 0.00951. The van der Waals surface area contributed by atoms with Gasteiger partial charge in [-0.2, -0.15) is 4.99 Å². The highest BCUT2D eigenvalue weighted by atomic mass is 79.9. The first-order valence-corrected chi connectivity index (χ1v) is 9.15. The number of fused-ring (bicyclic) bond motifs is 1. The Bertz CT molecular complexity index is 992. The van der Waals surface area contributed by atoms with E-state index in [2.05, 4.69) is 20.9 Å². The number of carbonyl (C=O) groups is 2. The third-order valence-electron chi connectivity index (χ3n) is 3.58. The van der Waals surface area contributed by atoms with Gasteiger partial charge < -0.3 is 9.30 Å². The fourth-order valence-electron chi connectivity index (χ4n) is 2.40. The van der Waals surface area contributed by atoms with Crippen molar-refractivity contribution >= 4 is 49.4 Å². The van der Waals surface area contributed by atoms with Crippen molar-refractivity contribution in [1.82, 2.24) is 4.57 Å². The molecule has 0 N–H and O–H groups in total. The molecule has 0 spiro atoms. The van der Waals surface area contributed by atoms with E-state index in [-0.39, 0.29) is 24.8 Å². The highest BCUT2D eigenvalue weighted by molar-refractivity contribution is 9.10. The van der Waals surface area contributed by atoms with Crippen molar-refractivity contribution in [3.63, 3.8) is 0 Å².